The number of hydrogen-bond acceptors (Lipinski definition) is 5. The number of aryl methyl sites for hydroxylation is 2. The highest BCUT2D eigenvalue weighted by molar-refractivity contribution is 5.94. The first-order valence-electron chi connectivity index (χ1n) is 7.37. The average Bonchev–Trinajstić information content (AvgIpc) is 3.03. The van der Waals surface area contributed by atoms with Crippen LogP contribution in [0.3, 0.4) is 0 Å². The molecule has 0 saturated carbocycles. The van der Waals surface area contributed by atoms with Gasteiger partial charge in [0.1, 0.15) is 11.6 Å². The number of H-pyrrole nitrogens is 1. The van der Waals surface area contributed by atoms with Crippen LogP contribution in [-0.2, 0) is 6.42 Å². The van der Waals surface area contributed by atoms with E-state index in [0.29, 0.717) is 11.5 Å². The smallest absolute Gasteiger partial charge is 0.183 e. The van der Waals surface area contributed by atoms with E-state index in [1.807, 2.05) is 13.1 Å². The summed E-state index contributed by atoms with van der Waals surface area (Å²) in [6.07, 6.45) is 2.97. The lowest BCUT2D eigenvalue weighted by molar-refractivity contribution is 0.945. The third-order valence-corrected chi connectivity index (χ3v) is 4.47. The lowest BCUT2D eigenvalue weighted by Gasteiger charge is -2.13. The number of nitrogens with one attached hydrogen (secondary N) is 1. The molecule has 4 rings (SSSR count). The second-order valence-corrected chi connectivity index (χ2v) is 5.91. The minimum atomic E-state index is 0.565. The van der Waals surface area contributed by atoms with Crippen molar-refractivity contribution < 1.29 is 0 Å². The molecule has 0 spiro atoms. The molecule has 0 radical (unpaired) electrons. The summed E-state index contributed by atoms with van der Waals surface area (Å²) in [6, 6.07) is 2.23. The molecule has 0 unspecified atom stereocenters. The van der Waals surface area contributed by atoms with Gasteiger partial charge in [-0.05, 0) is 37.5 Å². The van der Waals surface area contributed by atoms with Gasteiger partial charge >= 0.3 is 0 Å². The SMILES string of the molecule is Cc1nc2n[nH]c(N)c2c(C)c1-c1cnc2c(c1)CCN2C. The fourth-order valence-corrected chi connectivity index (χ4v) is 3.39. The van der Waals surface area contributed by atoms with Crippen LogP contribution in [0.1, 0.15) is 16.8 Å². The number of nitrogens with two attached hydrogens (primary N) is 1. The number of aromatic amines is 1. The van der Waals surface area contributed by atoms with Crippen LogP contribution in [-0.4, -0.2) is 33.8 Å². The summed E-state index contributed by atoms with van der Waals surface area (Å²) < 4.78 is 0. The summed E-state index contributed by atoms with van der Waals surface area (Å²) in [4.78, 5) is 11.4. The van der Waals surface area contributed by atoms with Crippen LogP contribution in [0.5, 0.6) is 0 Å². The summed E-state index contributed by atoms with van der Waals surface area (Å²) in [5.74, 6) is 1.64. The minimum absolute atomic E-state index is 0.565. The number of nitrogen functional groups attached to an aromatic ring is 1. The topological polar surface area (TPSA) is 83.7 Å². The van der Waals surface area contributed by atoms with Gasteiger partial charge in [-0.25, -0.2) is 9.97 Å². The van der Waals surface area contributed by atoms with E-state index < -0.39 is 0 Å². The lowest BCUT2D eigenvalue weighted by Crippen LogP contribution is -2.13. The Hall–Kier alpha value is -2.63. The fourth-order valence-electron chi connectivity index (χ4n) is 3.39. The number of rotatable bonds is 1. The first-order chi connectivity index (χ1) is 10.6. The summed E-state index contributed by atoms with van der Waals surface area (Å²) in [5, 5.41) is 7.87. The van der Waals surface area contributed by atoms with Crippen molar-refractivity contribution in [3.05, 3.63) is 29.1 Å². The second kappa shape index (κ2) is 4.43. The second-order valence-electron chi connectivity index (χ2n) is 5.91. The molecule has 1 aliphatic rings. The van der Waals surface area contributed by atoms with Crippen LogP contribution in [0.25, 0.3) is 22.2 Å². The van der Waals surface area contributed by atoms with Crippen LogP contribution in [0.2, 0.25) is 0 Å². The monoisotopic (exact) mass is 294 g/mol. The number of anilines is 2. The number of nitrogens with zero attached hydrogens (tertiary/aromatic N) is 4. The Kier molecular flexibility index (Phi) is 2.63. The molecule has 6 heteroatoms. The van der Waals surface area contributed by atoms with Crippen molar-refractivity contribution in [3.8, 4) is 11.1 Å². The van der Waals surface area contributed by atoms with E-state index in [1.54, 1.807) is 0 Å². The van der Waals surface area contributed by atoms with Gasteiger partial charge in [0.05, 0.1) is 5.39 Å². The maximum atomic E-state index is 6.00. The number of aromatic nitrogens is 4. The molecular formula is C16H18N6. The molecule has 3 aromatic heterocycles. The quantitative estimate of drug-likeness (QED) is 0.719. The van der Waals surface area contributed by atoms with Crippen molar-refractivity contribution >= 4 is 22.7 Å². The normalized spacial score (nSPS) is 13.9. The van der Waals surface area contributed by atoms with Crippen molar-refractivity contribution in [2.75, 3.05) is 24.2 Å². The Labute approximate surface area is 128 Å². The van der Waals surface area contributed by atoms with Crippen LogP contribution >= 0.6 is 0 Å². The molecule has 0 aromatic carbocycles. The van der Waals surface area contributed by atoms with E-state index in [9.17, 15) is 0 Å². The Bertz CT molecular complexity index is 895. The summed E-state index contributed by atoms with van der Waals surface area (Å²) in [6.45, 7) is 5.10. The number of likely N-dealkylation sites (N-methyl/N-ethyl adjacent to an activating group) is 1. The third-order valence-electron chi connectivity index (χ3n) is 4.47. The Morgan fingerprint density at radius 3 is 2.95 bits per heavy atom. The van der Waals surface area contributed by atoms with Gasteiger partial charge < -0.3 is 10.6 Å². The number of fused-ring (bicyclic) bond motifs is 2. The van der Waals surface area contributed by atoms with Gasteiger partial charge in [0.2, 0.25) is 0 Å². The molecule has 0 aliphatic carbocycles. The zero-order chi connectivity index (χ0) is 15.4. The fraction of sp³-hybridized carbons (Fsp3) is 0.312. The Balaban J connectivity index is 1.96. The highest BCUT2D eigenvalue weighted by Gasteiger charge is 2.20. The van der Waals surface area contributed by atoms with Crippen LogP contribution < -0.4 is 10.6 Å². The summed E-state index contributed by atoms with van der Waals surface area (Å²) in [7, 11) is 2.08. The predicted molar refractivity (Wildman–Crippen MR) is 88.0 cm³/mol. The first kappa shape index (κ1) is 13.1. The molecule has 1 aliphatic heterocycles. The molecule has 6 nitrogen and oxygen atoms in total. The summed E-state index contributed by atoms with van der Waals surface area (Å²) in [5.41, 5.74) is 12.2. The molecule has 0 atom stereocenters. The average molecular weight is 294 g/mol. The lowest BCUT2D eigenvalue weighted by atomic mass is 9.97. The highest BCUT2D eigenvalue weighted by Crippen LogP contribution is 2.35. The van der Waals surface area contributed by atoms with Gasteiger partial charge in [-0.2, -0.15) is 5.10 Å². The summed E-state index contributed by atoms with van der Waals surface area (Å²) >= 11 is 0. The molecule has 22 heavy (non-hydrogen) atoms. The van der Waals surface area contributed by atoms with E-state index in [1.165, 1.54) is 5.56 Å². The highest BCUT2D eigenvalue weighted by atomic mass is 15.2. The van der Waals surface area contributed by atoms with Gasteiger partial charge in [0, 0.05) is 36.6 Å². The van der Waals surface area contributed by atoms with Crippen LogP contribution in [0, 0.1) is 13.8 Å². The zero-order valence-electron chi connectivity index (χ0n) is 12.9. The van der Waals surface area contributed by atoms with E-state index in [4.69, 9.17) is 5.73 Å². The van der Waals surface area contributed by atoms with Crippen LogP contribution in [0.4, 0.5) is 11.6 Å². The van der Waals surface area contributed by atoms with E-state index in [2.05, 4.69) is 45.1 Å². The zero-order valence-corrected chi connectivity index (χ0v) is 12.9. The molecule has 0 amide bonds. The van der Waals surface area contributed by atoms with Gasteiger partial charge in [-0.15, -0.1) is 0 Å². The van der Waals surface area contributed by atoms with E-state index >= 15 is 0 Å². The van der Waals surface area contributed by atoms with Crippen molar-refractivity contribution in [2.45, 2.75) is 20.3 Å². The maximum absolute atomic E-state index is 6.00. The molecule has 112 valence electrons. The van der Waals surface area contributed by atoms with Crippen molar-refractivity contribution in [2.24, 2.45) is 0 Å². The molecule has 0 bridgehead atoms. The molecule has 0 saturated heterocycles. The van der Waals surface area contributed by atoms with Crippen molar-refractivity contribution in [3.63, 3.8) is 0 Å². The minimum Gasteiger partial charge on any atom is -0.384 e. The van der Waals surface area contributed by atoms with Gasteiger partial charge in [-0.3, -0.25) is 5.10 Å². The number of pyridine rings is 2. The molecule has 0 fully saturated rings. The molecule has 3 N–H and O–H groups in total. The van der Waals surface area contributed by atoms with Gasteiger partial charge in [0.25, 0.3) is 0 Å². The van der Waals surface area contributed by atoms with Crippen molar-refractivity contribution in [1.29, 1.82) is 0 Å². The van der Waals surface area contributed by atoms with E-state index in [0.717, 1.165) is 46.6 Å². The van der Waals surface area contributed by atoms with Crippen molar-refractivity contribution in [1.82, 2.24) is 20.2 Å². The molecule has 3 aromatic rings. The predicted octanol–water partition coefficient (Wildman–Crippen LogP) is 2.21. The van der Waals surface area contributed by atoms with E-state index in [-0.39, 0.29) is 0 Å². The Morgan fingerprint density at radius 1 is 1.32 bits per heavy atom. The molecule has 4 heterocycles. The molecular weight excluding hydrogens is 276 g/mol. The largest absolute Gasteiger partial charge is 0.384 e. The standard InChI is InChI=1S/C16H18N6/c1-8-12(9(2)19-15-13(8)14(17)20-21-15)11-6-10-4-5-22(3)16(10)18-7-11/h6-7H,4-5H2,1-3H3,(H3,17,19,20,21). The third kappa shape index (κ3) is 1.70. The first-order valence-corrected chi connectivity index (χ1v) is 7.37. The van der Waals surface area contributed by atoms with Gasteiger partial charge in [0.15, 0.2) is 5.65 Å². The maximum Gasteiger partial charge on any atom is 0.183 e. The van der Waals surface area contributed by atoms with Crippen LogP contribution in [0.15, 0.2) is 12.3 Å². The number of hydrogen-bond donors (Lipinski definition) is 2. The van der Waals surface area contributed by atoms with Gasteiger partial charge in [-0.1, -0.05) is 0 Å². The Morgan fingerprint density at radius 2 is 2.14 bits per heavy atom.